The van der Waals surface area contributed by atoms with E-state index in [1.54, 1.807) is 6.20 Å². The summed E-state index contributed by atoms with van der Waals surface area (Å²) in [6, 6.07) is 3.74. The van der Waals surface area contributed by atoms with Gasteiger partial charge in [0, 0.05) is 23.8 Å². The van der Waals surface area contributed by atoms with Crippen molar-refractivity contribution in [1.82, 2.24) is 4.98 Å². The van der Waals surface area contributed by atoms with Crippen LogP contribution in [0.2, 0.25) is 0 Å². The molecule has 0 atom stereocenters. The molecule has 0 spiro atoms. The van der Waals surface area contributed by atoms with Crippen LogP contribution >= 0.6 is 0 Å². The van der Waals surface area contributed by atoms with E-state index in [-0.39, 0.29) is 11.4 Å². The predicted octanol–water partition coefficient (Wildman–Crippen LogP) is 1.55. The summed E-state index contributed by atoms with van der Waals surface area (Å²) in [4.78, 5) is 6.67. The number of nitrogens with two attached hydrogens (primary N) is 1. The lowest BCUT2D eigenvalue weighted by atomic mass is 10.0. The molecule has 1 aromatic heterocycles. The highest BCUT2D eigenvalue weighted by Gasteiger charge is 2.32. The Morgan fingerprint density at radius 2 is 2.29 bits per heavy atom. The van der Waals surface area contributed by atoms with Crippen LogP contribution in [0, 0.1) is 0 Å². The van der Waals surface area contributed by atoms with Crippen LogP contribution in [0.1, 0.15) is 32.3 Å². The molecule has 3 N–H and O–H groups in total. The molecule has 2 heterocycles. The van der Waals surface area contributed by atoms with Gasteiger partial charge in [0.15, 0.2) is 5.84 Å². The van der Waals surface area contributed by atoms with Crippen molar-refractivity contribution < 1.29 is 5.21 Å². The predicted molar refractivity (Wildman–Crippen MR) is 67.4 cm³/mol. The van der Waals surface area contributed by atoms with Gasteiger partial charge in [0.05, 0.1) is 0 Å². The molecule has 0 saturated carbocycles. The number of hydrogen-bond acceptors (Lipinski definition) is 4. The highest BCUT2D eigenvalue weighted by atomic mass is 16.4. The molecule has 5 nitrogen and oxygen atoms in total. The summed E-state index contributed by atoms with van der Waals surface area (Å²) in [7, 11) is 0. The highest BCUT2D eigenvalue weighted by Crippen LogP contribution is 2.32. The SMILES string of the molecule is CC1(C)CCCN1c1ccc(C(N)=NO)cn1. The minimum absolute atomic E-state index is 0.0877. The second-order valence-corrected chi connectivity index (χ2v) is 4.96. The smallest absolute Gasteiger partial charge is 0.171 e. The van der Waals surface area contributed by atoms with E-state index in [0.717, 1.165) is 12.4 Å². The average Bonchev–Trinajstić information content (AvgIpc) is 2.68. The Kier molecular flexibility index (Phi) is 2.92. The summed E-state index contributed by atoms with van der Waals surface area (Å²) >= 11 is 0. The normalized spacial score (nSPS) is 19.6. The van der Waals surface area contributed by atoms with Crippen molar-refractivity contribution >= 4 is 11.7 Å². The first-order chi connectivity index (χ1) is 8.04. The molecule has 92 valence electrons. The molecule has 0 radical (unpaired) electrons. The van der Waals surface area contributed by atoms with Gasteiger partial charge < -0.3 is 15.8 Å². The summed E-state index contributed by atoms with van der Waals surface area (Å²) in [6.07, 6.45) is 4.01. The summed E-state index contributed by atoms with van der Waals surface area (Å²) in [5, 5.41) is 11.5. The largest absolute Gasteiger partial charge is 0.409 e. The molecule has 1 fully saturated rings. The fraction of sp³-hybridized carbons (Fsp3) is 0.500. The van der Waals surface area contributed by atoms with Gasteiger partial charge in [-0.15, -0.1) is 0 Å². The van der Waals surface area contributed by atoms with Crippen LogP contribution < -0.4 is 10.6 Å². The Hall–Kier alpha value is -1.78. The number of rotatable bonds is 2. The van der Waals surface area contributed by atoms with Gasteiger partial charge in [-0.25, -0.2) is 4.98 Å². The van der Waals surface area contributed by atoms with E-state index < -0.39 is 0 Å². The lowest BCUT2D eigenvalue weighted by Crippen LogP contribution is -2.38. The molecule has 0 bridgehead atoms. The molecule has 0 aromatic carbocycles. The van der Waals surface area contributed by atoms with Gasteiger partial charge in [0.2, 0.25) is 0 Å². The van der Waals surface area contributed by atoms with Crippen molar-refractivity contribution in [3.05, 3.63) is 23.9 Å². The first kappa shape index (κ1) is 11.7. The van der Waals surface area contributed by atoms with Gasteiger partial charge >= 0.3 is 0 Å². The number of anilines is 1. The van der Waals surface area contributed by atoms with E-state index in [0.29, 0.717) is 5.56 Å². The molecule has 2 rings (SSSR count). The second kappa shape index (κ2) is 4.24. The van der Waals surface area contributed by atoms with Crippen molar-refractivity contribution in [1.29, 1.82) is 0 Å². The van der Waals surface area contributed by atoms with Gasteiger partial charge in [-0.2, -0.15) is 0 Å². The maximum absolute atomic E-state index is 8.58. The van der Waals surface area contributed by atoms with Gasteiger partial charge in [-0.1, -0.05) is 5.16 Å². The number of pyridine rings is 1. The average molecular weight is 234 g/mol. The quantitative estimate of drug-likeness (QED) is 0.352. The van der Waals surface area contributed by atoms with Gasteiger partial charge in [0.1, 0.15) is 5.82 Å². The van der Waals surface area contributed by atoms with Crippen molar-refractivity contribution in [3.63, 3.8) is 0 Å². The maximum Gasteiger partial charge on any atom is 0.171 e. The summed E-state index contributed by atoms with van der Waals surface area (Å²) in [5.74, 6) is 1.03. The lowest BCUT2D eigenvalue weighted by molar-refractivity contribution is 0.318. The van der Waals surface area contributed by atoms with Crippen LogP contribution in [0.25, 0.3) is 0 Å². The van der Waals surface area contributed by atoms with Crippen LogP contribution in [-0.4, -0.2) is 28.1 Å². The molecule has 1 aliphatic heterocycles. The Bertz CT molecular complexity index is 425. The first-order valence-corrected chi connectivity index (χ1v) is 5.76. The van der Waals surface area contributed by atoms with Gasteiger partial charge in [0.25, 0.3) is 0 Å². The monoisotopic (exact) mass is 234 g/mol. The molecule has 1 aliphatic rings. The van der Waals surface area contributed by atoms with Crippen LogP contribution in [0.4, 0.5) is 5.82 Å². The Balaban J connectivity index is 2.24. The first-order valence-electron chi connectivity index (χ1n) is 5.76. The van der Waals surface area contributed by atoms with E-state index in [9.17, 15) is 0 Å². The Morgan fingerprint density at radius 3 is 2.76 bits per heavy atom. The number of amidine groups is 1. The standard InChI is InChI=1S/C12H18N4O/c1-12(2)6-3-7-16(12)10-5-4-9(8-14-10)11(13)15-17/h4-5,8,17H,3,6-7H2,1-2H3,(H2,13,15). The third-order valence-electron chi connectivity index (χ3n) is 3.33. The Labute approximate surface area is 101 Å². The third kappa shape index (κ3) is 2.18. The van der Waals surface area contributed by atoms with Crippen molar-refractivity contribution in [2.45, 2.75) is 32.2 Å². The van der Waals surface area contributed by atoms with Crippen molar-refractivity contribution in [2.24, 2.45) is 10.9 Å². The summed E-state index contributed by atoms with van der Waals surface area (Å²) in [5.41, 5.74) is 6.29. The molecule has 0 amide bonds. The zero-order valence-corrected chi connectivity index (χ0v) is 10.2. The minimum Gasteiger partial charge on any atom is -0.409 e. The fourth-order valence-electron chi connectivity index (χ4n) is 2.29. The van der Waals surface area contributed by atoms with Crippen molar-refractivity contribution in [2.75, 3.05) is 11.4 Å². The molecule has 17 heavy (non-hydrogen) atoms. The number of nitrogens with zero attached hydrogens (tertiary/aromatic N) is 3. The topological polar surface area (TPSA) is 74.7 Å². The van der Waals surface area contributed by atoms with Crippen LogP contribution in [0.3, 0.4) is 0 Å². The number of hydrogen-bond donors (Lipinski definition) is 2. The molecule has 5 heteroatoms. The third-order valence-corrected chi connectivity index (χ3v) is 3.33. The van der Waals surface area contributed by atoms with E-state index >= 15 is 0 Å². The molecular formula is C12H18N4O. The molecule has 0 aliphatic carbocycles. The van der Waals surface area contributed by atoms with Crippen LogP contribution in [0.5, 0.6) is 0 Å². The maximum atomic E-state index is 8.58. The van der Waals surface area contributed by atoms with E-state index in [4.69, 9.17) is 10.9 Å². The van der Waals surface area contributed by atoms with E-state index in [2.05, 4.69) is 28.9 Å². The zero-order valence-electron chi connectivity index (χ0n) is 10.2. The number of oxime groups is 1. The second-order valence-electron chi connectivity index (χ2n) is 4.96. The van der Waals surface area contributed by atoms with E-state index in [1.165, 1.54) is 12.8 Å². The van der Waals surface area contributed by atoms with Crippen molar-refractivity contribution in [3.8, 4) is 0 Å². The molecule has 0 unspecified atom stereocenters. The summed E-state index contributed by atoms with van der Waals surface area (Å²) in [6.45, 7) is 5.47. The molecule has 1 aromatic rings. The van der Waals surface area contributed by atoms with Gasteiger partial charge in [-0.05, 0) is 38.8 Å². The Morgan fingerprint density at radius 1 is 1.53 bits per heavy atom. The van der Waals surface area contributed by atoms with Crippen LogP contribution in [-0.2, 0) is 0 Å². The fourth-order valence-corrected chi connectivity index (χ4v) is 2.29. The number of aromatic nitrogens is 1. The highest BCUT2D eigenvalue weighted by molar-refractivity contribution is 5.96. The molecule has 1 saturated heterocycles. The lowest BCUT2D eigenvalue weighted by Gasteiger charge is -2.32. The zero-order chi connectivity index (χ0) is 12.5. The summed E-state index contributed by atoms with van der Waals surface area (Å²) < 4.78 is 0. The van der Waals surface area contributed by atoms with E-state index in [1.807, 2.05) is 12.1 Å². The van der Waals surface area contributed by atoms with Gasteiger partial charge in [-0.3, -0.25) is 0 Å². The minimum atomic E-state index is 0.0877. The van der Waals surface area contributed by atoms with Crippen LogP contribution in [0.15, 0.2) is 23.5 Å². The molecular weight excluding hydrogens is 216 g/mol.